The fourth-order valence-electron chi connectivity index (χ4n) is 3.86. The van der Waals surface area contributed by atoms with Crippen molar-refractivity contribution < 1.29 is 9.59 Å². The van der Waals surface area contributed by atoms with Crippen LogP contribution in [0.4, 0.5) is 5.69 Å². The smallest absolute Gasteiger partial charge is 0.274 e. The first-order valence-electron chi connectivity index (χ1n) is 9.49. The number of para-hydroxylation sites is 1. The van der Waals surface area contributed by atoms with E-state index in [2.05, 4.69) is 16.0 Å². The molecule has 1 aromatic heterocycles. The number of carbonyl (C=O) groups excluding carboxylic acids is 2. The summed E-state index contributed by atoms with van der Waals surface area (Å²) in [7, 11) is 1.85. The van der Waals surface area contributed by atoms with Crippen LogP contribution in [0.5, 0.6) is 0 Å². The lowest BCUT2D eigenvalue weighted by molar-refractivity contribution is -0.120. The number of imidazole rings is 1. The average Bonchev–Trinajstić information content (AvgIpc) is 3.14. The van der Waals surface area contributed by atoms with Crippen molar-refractivity contribution in [3.63, 3.8) is 0 Å². The van der Waals surface area contributed by atoms with Gasteiger partial charge in [-0.05, 0) is 24.5 Å². The largest absolute Gasteiger partial charge is 0.340 e. The number of anilines is 1. The molecular formula is C20H25N5O2. The number of amides is 2. The van der Waals surface area contributed by atoms with E-state index in [9.17, 15) is 9.59 Å². The van der Waals surface area contributed by atoms with Gasteiger partial charge in [-0.25, -0.2) is 4.98 Å². The molecule has 4 rings (SSSR count). The van der Waals surface area contributed by atoms with E-state index in [-0.39, 0.29) is 11.8 Å². The predicted octanol–water partition coefficient (Wildman–Crippen LogP) is 1.16. The molecule has 2 aromatic rings. The van der Waals surface area contributed by atoms with Gasteiger partial charge in [-0.3, -0.25) is 14.5 Å². The van der Waals surface area contributed by atoms with E-state index in [4.69, 9.17) is 0 Å². The zero-order chi connectivity index (χ0) is 18.8. The third-order valence-electron chi connectivity index (χ3n) is 5.35. The van der Waals surface area contributed by atoms with Crippen LogP contribution < -0.4 is 4.90 Å². The molecule has 0 N–H and O–H groups in total. The number of carbonyl (C=O) groups is 2. The van der Waals surface area contributed by atoms with Gasteiger partial charge < -0.3 is 14.4 Å². The first kappa shape index (κ1) is 17.7. The van der Waals surface area contributed by atoms with Crippen LogP contribution in [-0.4, -0.2) is 70.4 Å². The van der Waals surface area contributed by atoms with Crippen LogP contribution >= 0.6 is 0 Å². The molecule has 0 radical (unpaired) electrons. The molecular weight excluding hydrogens is 342 g/mol. The zero-order valence-electron chi connectivity index (χ0n) is 15.7. The summed E-state index contributed by atoms with van der Waals surface area (Å²) < 4.78 is 1.78. The quantitative estimate of drug-likeness (QED) is 0.817. The molecule has 1 fully saturated rings. The summed E-state index contributed by atoms with van der Waals surface area (Å²) in [4.78, 5) is 35.4. The van der Waals surface area contributed by atoms with Crippen LogP contribution in [0.25, 0.3) is 0 Å². The number of rotatable bonds is 3. The summed E-state index contributed by atoms with van der Waals surface area (Å²) in [5.74, 6) is 0.109. The van der Waals surface area contributed by atoms with Crippen molar-refractivity contribution in [2.75, 3.05) is 44.2 Å². The Morgan fingerprint density at radius 3 is 2.59 bits per heavy atom. The number of aryl methyl sites for hydroxylation is 2. The lowest BCUT2D eigenvalue weighted by Crippen LogP contribution is -2.52. The Bertz CT molecular complexity index is 838. The highest BCUT2D eigenvalue weighted by atomic mass is 16.2. The van der Waals surface area contributed by atoms with Gasteiger partial charge in [-0.15, -0.1) is 0 Å². The van der Waals surface area contributed by atoms with E-state index < -0.39 is 0 Å². The van der Waals surface area contributed by atoms with E-state index in [1.54, 1.807) is 17.1 Å². The normalized spacial score (nSPS) is 17.7. The van der Waals surface area contributed by atoms with Crippen molar-refractivity contribution in [2.45, 2.75) is 12.8 Å². The predicted molar refractivity (Wildman–Crippen MR) is 103 cm³/mol. The van der Waals surface area contributed by atoms with Crippen molar-refractivity contribution in [3.05, 3.63) is 48.0 Å². The topological polar surface area (TPSA) is 61.7 Å². The highest BCUT2D eigenvalue weighted by molar-refractivity contribution is 5.96. The minimum absolute atomic E-state index is 0.0356. The Kier molecular flexibility index (Phi) is 4.94. The minimum atomic E-state index is -0.0356. The molecule has 1 aromatic carbocycles. The van der Waals surface area contributed by atoms with E-state index in [0.29, 0.717) is 38.4 Å². The van der Waals surface area contributed by atoms with E-state index in [1.165, 1.54) is 5.56 Å². The van der Waals surface area contributed by atoms with Gasteiger partial charge >= 0.3 is 0 Å². The second-order valence-electron chi connectivity index (χ2n) is 7.27. The van der Waals surface area contributed by atoms with Crippen LogP contribution in [0.1, 0.15) is 22.5 Å². The zero-order valence-corrected chi connectivity index (χ0v) is 15.7. The Morgan fingerprint density at radius 2 is 1.85 bits per heavy atom. The second-order valence-corrected chi connectivity index (χ2v) is 7.27. The first-order chi connectivity index (χ1) is 13.1. The standard InChI is InChI=1S/C20H25N5O2/c1-22-13-17(21-15-22)20(27)24-11-9-23(10-12-24)14-19(26)25-8-4-6-16-5-2-3-7-18(16)25/h2-3,5,7,13,15H,4,6,8-12,14H2,1H3. The average molecular weight is 367 g/mol. The maximum atomic E-state index is 12.9. The molecule has 2 aliphatic rings. The molecule has 142 valence electrons. The summed E-state index contributed by atoms with van der Waals surface area (Å²) in [5, 5.41) is 0. The monoisotopic (exact) mass is 367 g/mol. The number of fused-ring (bicyclic) bond motifs is 1. The number of hydrogen-bond donors (Lipinski definition) is 0. The Morgan fingerprint density at radius 1 is 1.07 bits per heavy atom. The van der Waals surface area contributed by atoms with E-state index in [1.807, 2.05) is 35.0 Å². The van der Waals surface area contributed by atoms with Crippen LogP contribution in [0.15, 0.2) is 36.8 Å². The van der Waals surface area contributed by atoms with Crippen molar-refractivity contribution in [1.29, 1.82) is 0 Å². The summed E-state index contributed by atoms with van der Waals surface area (Å²) in [6.45, 7) is 3.85. The molecule has 0 bridgehead atoms. The molecule has 2 aliphatic heterocycles. The highest BCUT2D eigenvalue weighted by Crippen LogP contribution is 2.26. The Balaban J connectivity index is 1.33. The summed E-state index contributed by atoms with van der Waals surface area (Å²) in [6.07, 6.45) is 5.42. The van der Waals surface area contributed by atoms with Crippen molar-refractivity contribution in [2.24, 2.45) is 7.05 Å². The van der Waals surface area contributed by atoms with Crippen LogP contribution in [0, 0.1) is 0 Å². The van der Waals surface area contributed by atoms with Gasteiger partial charge in [0.05, 0.1) is 12.9 Å². The Labute approximate surface area is 159 Å². The van der Waals surface area contributed by atoms with Crippen molar-refractivity contribution >= 4 is 17.5 Å². The number of benzene rings is 1. The van der Waals surface area contributed by atoms with Crippen LogP contribution in [0.3, 0.4) is 0 Å². The lowest BCUT2D eigenvalue weighted by atomic mass is 10.0. The molecule has 27 heavy (non-hydrogen) atoms. The van der Waals surface area contributed by atoms with Gasteiger partial charge in [-0.2, -0.15) is 0 Å². The van der Waals surface area contributed by atoms with E-state index >= 15 is 0 Å². The third kappa shape index (κ3) is 3.73. The molecule has 3 heterocycles. The maximum absolute atomic E-state index is 12.9. The molecule has 0 unspecified atom stereocenters. The van der Waals surface area contributed by atoms with Gasteiger partial charge in [0.15, 0.2) is 0 Å². The summed E-state index contributed by atoms with van der Waals surface area (Å²) >= 11 is 0. The van der Waals surface area contributed by atoms with Gasteiger partial charge in [-0.1, -0.05) is 18.2 Å². The Hall–Kier alpha value is -2.67. The molecule has 0 spiro atoms. The fourth-order valence-corrected chi connectivity index (χ4v) is 3.86. The molecule has 0 saturated carbocycles. The van der Waals surface area contributed by atoms with Crippen molar-refractivity contribution in [3.8, 4) is 0 Å². The van der Waals surface area contributed by atoms with Crippen molar-refractivity contribution in [1.82, 2.24) is 19.4 Å². The number of hydrogen-bond acceptors (Lipinski definition) is 4. The van der Waals surface area contributed by atoms with Gasteiger partial charge in [0.1, 0.15) is 5.69 Å². The minimum Gasteiger partial charge on any atom is -0.340 e. The summed E-state index contributed by atoms with van der Waals surface area (Å²) in [6, 6.07) is 8.17. The van der Waals surface area contributed by atoms with Crippen LogP contribution in [-0.2, 0) is 18.3 Å². The molecule has 0 atom stereocenters. The molecule has 1 saturated heterocycles. The van der Waals surface area contributed by atoms with E-state index in [0.717, 1.165) is 25.1 Å². The number of piperazine rings is 1. The third-order valence-corrected chi connectivity index (χ3v) is 5.35. The lowest BCUT2D eigenvalue weighted by Gasteiger charge is -2.36. The number of nitrogens with zero attached hydrogens (tertiary/aromatic N) is 5. The SMILES string of the molecule is Cn1cnc(C(=O)N2CCN(CC(=O)N3CCCc4ccccc43)CC2)c1. The maximum Gasteiger partial charge on any atom is 0.274 e. The second kappa shape index (κ2) is 7.52. The fraction of sp³-hybridized carbons (Fsp3) is 0.450. The van der Waals surface area contributed by atoms with Gasteiger partial charge in [0.2, 0.25) is 5.91 Å². The summed E-state index contributed by atoms with van der Waals surface area (Å²) in [5.41, 5.74) is 2.78. The molecule has 7 nitrogen and oxygen atoms in total. The van der Waals surface area contributed by atoms with Gasteiger partial charge in [0.25, 0.3) is 5.91 Å². The van der Waals surface area contributed by atoms with Gasteiger partial charge in [0, 0.05) is 51.7 Å². The number of aromatic nitrogens is 2. The highest BCUT2D eigenvalue weighted by Gasteiger charge is 2.27. The van der Waals surface area contributed by atoms with Crippen LogP contribution in [0.2, 0.25) is 0 Å². The molecule has 2 amide bonds. The molecule has 7 heteroatoms. The first-order valence-corrected chi connectivity index (χ1v) is 9.49. The molecule has 0 aliphatic carbocycles.